The largest absolute Gasteiger partial charge is 0.507 e. The highest BCUT2D eigenvalue weighted by Crippen LogP contribution is 2.26. The highest BCUT2D eigenvalue weighted by Gasteiger charge is 2.20. The number of carbonyl (C=O) groups is 2. The zero-order valence-corrected chi connectivity index (χ0v) is 14.2. The molecule has 0 unspecified atom stereocenters. The lowest BCUT2D eigenvalue weighted by Gasteiger charge is -2.08. The fourth-order valence-corrected chi connectivity index (χ4v) is 3.45. The fourth-order valence-electron chi connectivity index (χ4n) is 2.16. The topological polar surface area (TPSA) is 124 Å². The Morgan fingerprint density at radius 2 is 1.68 bits per heavy atom. The SMILES string of the molecule is CC(=O)OCCc1ccc(S(=O)(=O)c2ccc(O)c(C(N)=O)c2)cc1. The van der Waals surface area contributed by atoms with Crippen molar-refractivity contribution in [3.63, 3.8) is 0 Å². The van der Waals surface area contributed by atoms with E-state index in [1.54, 1.807) is 12.1 Å². The second kappa shape index (κ2) is 7.35. The summed E-state index contributed by atoms with van der Waals surface area (Å²) in [4.78, 5) is 21.9. The number of hydrogen-bond donors (Lipinski definition) is 2. The van der Waals surface area contributed by atoms with Gasteiger partial charge in [0.05, 0.1) is 22.0 Å². The van der Waals surface area contributed by atoms with E-state index in [2.05, 4.69) is 0 Å². The second-order valence-corrected chi connectivity index (χ2v) is 7.23. The monoisotopic (exact) mass is 363 g/mol. The molecule has 3 N–H and O–H groups in total. The number of sulfone groups is 1. The number of primary amides is 1. The molecule has 132 valence electrons. The number of hydrogen-bond acceptors (Lipinski definition) is 6. The van der Waals surface area contributed by atoms with E-state index < -0.39 is 15.7 Å². The van der Waals surface area contributed by atoms with Crippen LogP contribution in [0.4, 0.5) is 0 Å². The van der Waals surface area contributed by atoms with Crippen LogP contribution in [0.3, 0.4) is 0 Å². The fraction of sp³-hybridized carbons (Fsp3) is 0.176. The zero-order valence-electron chi connectivity index (χ0n) is 13.4. The van der Waals surface area contributed by atoms with Gasteiger partial charge >= 0.3 is 5.97 Å². The smallest absolute Gasteiger partial charge is 0.302 e. The molecule has 25 heavy (non-hydrogen) atoms. The minimum Gasteiger partial charge on any atom is -0.507 e. The number of benzene rings is 2. The molecule has 0 aliphatic heterocycles. The van der Waals surface area contributed by atoms with E-state index in [1.165, 1.54) is 25.1 Å². The van der Waals surface area contributed by atoms with Gasteiger partial charge < -0.3 is 15.6 Å². The lowest BCUT2D eigenvalue weighted by molar-refractivity contribution is -0.140. The van der Waals surface area contributed by atoms with Crippen molar-refractivity contribution in [2.45, 2.75) is 23.1 Å². The van der Waals surface area contributed by atoms with Crippen LogP contribution in [-0.4, -0.2) is 32.0 Å². The average molecular weight is 363 g/mol. The maximum atomic E-state index is 12.6. The molecule has 2 aromatic carbocycles. The van der Waals surface area contributed by atoms with Gasteiger partial charge in [-0.3, -0.25) is 9.59 Å². The number of rotatable bonds is 6. The van der Waals surface area contributed by atoms with Gasteiger partial charge in [-0.25, -0.2) is 8.42 Å². The molecule has 0 spiro atoms. The quantitative estimate of drug-likeness (QED) is 0.748. The first-order chi connectivity index (χ1) is 11.7. The van der Waals surface area contributed by atoms with Crippen molar-refractivity contribution >= 4 is 21.7 Å². The van der Waals surface area contributed by atoms with Crippen molar-refractivity contribution in [3.8, 4) is 5.75 Å². The number of ether oxygens (including phenoxy) is 1. The van der Waals surface area contributed by atoms with Crippen LogP contribution in [0.15, 0.2) is 52.3 Å². The van der Waals surface area contributed by atoms with Crippen LogP contribution in [0.25, 0.3) is 0 Å². The first-order valence-corrected chi connectivity index (χ1v) is 8.80. The van der Waals surface area contributed by atoms with Gasteiger partial charge in [-0.05, 0) is 35.9 Å². The van der Waals surface area contributed by atoms with E-state index in [4.69, 9.17) is 10.5 Å². The van der Waals surface area contributed by atoms with Crippen LogP contribution in [0, 0.1) is 0 Å². The van der Waals surface area contributed by atoms with Gasteiger partial charge in [0, 0.05) is 13.3 Å². The van der Waals surface area contributed by atoms with E-state index >= 15 is 0 Å². The zero-order chi connectivity index (χ0) is 18.6. The molecule has 0 atom stereocenters. The first kappa shape index (κ1) is 18.5. The van der Waals surface area contributed by atoms with Crippen molar-refractivity contribution in [2.75, 3.05) is 6.61 Å². The van der Waals surface area contributed by atoms with E-state index in [1.807, 2.05) is 0 Å². The Bertz CT molecular complexity index is 903. The molecule has 1 amide bonds. The summed E-state index contributed by atoms with van der Waals surface area (Å²) in [6.45, 7) is 1.52. The summed E-state index contributed by atoms with van der Waals surface area (Å²) in [5.74, 6) is -1.68. The molecular formula is C17H17NO6S. The van der Waals surface area contributed by atoms with E-state index in [0.717, 1.165) is 17.7 Å². The molecule has 0 fully saturated rings. The third-order valence-electron chi connectivity index (χ3n) is 3.47. The lowest BCUT2D eigenvalue weighted by Crippen LogP contribution is -2.12. The highest BCUT2D eigenvalue weighted by atomic mass is 32.2. The summed E-state index contributed by atoms with van der Waals surface area (Å²) < 4.78 is 30.1. The van der Waals surface area contributed by atoms with Crippen LogP contribution in [0.2, 0.25) is 0 Å². The van der Waals surface area contributed by atoms with Crippen LogP contribution < -0.4 is 5.73 Å². The second-order valence-electron chi connectivity index (χ2n) is 5.28. The van der Waals surface area contributed by atoms with Crippen LogP contribution >= 0.6 is 0 Å². The van der Waals surface area contributed by atoms with Gasteiger partial charge in [-0.2, -0.15) is 0 Å². The molecule has 0 aliphatic carbocycles. The molecule has 8 heteroatoms. The molecule has 0 bridgehead atoms. The number of aromatic hydroxyl groups is 1. The Morgan fingerprint density at radius 1 is 1.08 bits per heavy atom. The Hall–Kier alpha value is -2.87. The van der Waals surface area contributed by atoms with Gasteiger partial charge in [0.2, 0.25) is 9.84 Å². The number of nitrogens with two attached hydrogens (primary N) is 1. The van der Waals surface area contributed by atoms with Gasteiger partial charge in [0.15, 0.2) is 0 Å². The van der Waals surface area contributed by atoms with E-state index in [0.29, 0.717) is 6.42 Å². The van der Waals surface area contributed by atoms with Crippen LogP contribution in [0.5, 0.6) is 5.75 Å². The number of phenols is 1. The predicted molar refractivity (Wildman–Crippen MR) is 88.9 cm³/mol. The van der Waals surface area contributed by atoms with Crippen molar-refractivity contribution < 1.29 is 27.9 Å². The molecular weight excluding hydrogens is 346 g/mol. The molecule has 0 aliphatic rings. The van der Waals surface area contributed by atoms with E-state index in [9.17, 15) is 23.1 Å². The molecule has 0 saturated heterocycles. The van der Waals surface area contributed by atoms with Gasteiger partial charge in [-0.1, -0.05) is 12.1 Å². The Labute approximate surface area is 145 Å². The first-order valence-electron chi connectivity index (χ1n) is 7.32. The molecule has 2 rings (SSSR count). The minimum absolute atomic E-state index is 0.0323. The molecule has 2 aromatic rings. The maximum absolute atomic E-state index is 12.6. The molecule has 0 aromatic heterocycles. The standard InChI is InChI=1S/C17H17NO6S/c1-11(19)24-9-8-12-2-4-13(5-3-12)25(22,23)14-6-7-16(20)15(10-14)17(18)21/h2-7,10,20H,8-9H2,1H3,(H2,18,21). The Kier molecular flexibility index (Phi) is 5.43. The van der Waals surface area contributed by atoms with Gasteiger partial charge in [-0.15, -0.1) is 0 Å². The summed E-state index contributed by atoms with van der Waals surface area (Å²) >= 11 is 0. The van der Waals surface area contributed by atoms with Crippen LogP contribution in [0.1, 0.15) is 22.8 Å². The summed E-state index contributed by atoms with van der Waals surface area (Å²) in [7, 11) is -3.87. The van der Waals surface area contributed by atoms with Crippen molar-refractivity contribution in [1.29, 1.82) is 0 Å². The maximum Gasteiger partial charge on any atom is 0.302 e. The third kappa shape index (κ3) is 4.36. The van der Waals surface area contributed by atoms with E-state index in [-0.39, 0.29) is 33.7 Å². The Balaban J connectivity index is 2.26. The summed E-state index contributed by atoms with van der Waals surface area (Å²) in [6, 6.07) is 9.44. The van der Waals surface area contributed by atoms with Gasteiger partial charge in [0.1, 0.15) is 5.75 Å². The van der Waals surface area contributed by atoms with Crippen molar-refractivity contribution in [1.82, 2.24) is 0 Å². The molecule has 7 nitrogen and oxygen atoms in total. The average Bonchev–Trinajstić information content (AvgIpc) is 2.55. The van der Waals surface area contributed by atoms with Gasteiger partial charge in [0.25, 0.3) is 5.91 Å². The van der Waals surface area contributed by atoms with Crippen LogP contribution in [-0.2, 0) is 25.8 Å². The number of carbonyl (C=O) groups excluding carboxylic acids is 2. The highest BCUT2D eigenvalue weighted by molar-refractivity contribution is 7.91. The predicted octanol–water partition coefficient (Wildman–Crippen LogP) is 1.43. The Morgan fingerprint density at radius 3 is 2.24 bits per heavy atom. The van der Waals surface area contributed by atoms with Crippen molar-refractivity contribution in [2.24, 2.45) is 5.73 Å². The molecule has 0 heterocycles. The molecule has 0 saturated carbocycles. The summed E-state index contributed by atoms with van der Waals surface area (Å²) in [5, 5.41) is 9.57. The third-order valence-corrected chi connectivity index (χ3v) is 5.24. The number of esters is 1. The summed E-state index contributed by atoms with van der Waals surface area (Å²) in [5.41, 5.74) is 5.67. The molecule has 0 radical (unpaired) electrons. The number of amides is 1. The lowest BCUT2D eigenvalue weighted by atomic mass is 10.2. The van der Waals surface area contributed by atoms with Crippen molar-refractivity contribution in [3.05, 3.63) is 53.6 Å². The summed E-state index contributed by atoms with van der Waals surface area (Å²) in [6.07, 6.45) is 0.463. The minimum atomic E-state index is -3.87. The normalized spacial score (nSPS) is 11.1.